The van der Waals surface area contributed by atoms with E-state index in [2.05, 4.69) is 53.5 Å². The van der Waals surface area contributed by atoms with Crippen molar-refractivity contribution in [3.63, 3.8) is 0 Å². The summed E-state index contributed by atoms with van der Waals surface area (Å²) in [7, 11) is 0. The molecule has 4 N–H and O–H groups in total. The molecule has 2 heterocycles. The summed E-state index contributed by atoms with van der Waals surface area (Å²) in [4.78, 5) is 30.6. The van der Waals surface area contributed by atoms with Crippen molar-refractivity contribution < 1.29 is 20.6 Å². The molecule has 0 saturated carbocycles. The van der Waals surface area contributed by atoms with E-state index in [1.807, 2.05) is 30.5 Å². The lowest BCUT2D eigenvalue weighted by Gasteiger charge is -2.16. The number of aryl methyl sites for hydroxylation is 1. The zero-order chi connectivity index (χ0) is 27.1. The molecule has 3 rings (SSSR count). The fourth-order valence-corrected chi connectivity index (χ4v) is 3.66. The number of pyridine rings is 1. The summed E-state index contributed by atoms with van der Waals surface area (Å²) < 4.78 is 0. The van der Waals surface area contributed by atoms with Gasteiger partial charge in [0.05, 0.1) is 17.2 Å². The van der Waals surface area contributed by atoms with Gasteiger partial charge in [-0.25, -0.2) is 9.98 Å². The van der Waals surface area contributed by atoms with E-state index in [4.69, 9.17) is 35.6 Å². The van der Waals surface area contributed by atoms with Gasteiger partial charge in [0.1, 0.15) is 0 Å². The molecule has 14 heteroatoms. The quantitative estimate of drug-likeness (QED) is 0.135. The number of guanidine groups is 1. The molecule has 196 valence electrons. The summed E-state index contributed by atoms with van der Waals surface area (Å²) in [6.07, 6.45) is 5.28. The SMILES string of the molecule is Cc1cc(NC(=NC(C)CCCC(C)C)Nc2nccs2)c2ccccc2n1.O=[N+]([O-])O.O=[N+]([O-])O. The lowest BCUT2D eigenvalue weighted by Crippen LogP contribution is -2.24. The predicted octanol–water partition coefficient (Wildman–Crippen LogP) is 5.40. The van der Waals surface area contributed by atoms with E-state index in [9.17, 15) is 0 Å². The summed E-state index contributed by atoms with van der Waals surface area (Å²) in [6, 6.07) is 10.4. The van der Waals surface area contributed by atoms with Crippen LogP contribution in [0.2, 0.25) is 0 Å². The molecule has 1 unspecified atom stereocenters. The van der Waals surface area contributed by atoms with Gasteiger partial charge < -0.3 is 21.0 Å². The number of fused-ring (bicyclic) bond motifs is 1. The fourth-order valence-electron chi connectivity index (χ4n) is 3.13. The van der Waals surface area contributed by atoms with Crippen LogP contribution >= 0.6 is 11.3 Å². The van der Waals surface area contributed by atoms with Crippen LogP contribution in [0.5, 0.6) is 0 Å². The van der Waals surface area contributed by atoms with Gasteiger partial charge in [0.2, 0.25) is 5.96 Å². The van der Waals surface area contributed by atoms with Gasteiger partial charge in [0.25, 0.3) is 10.2 Å². The first-order chi connectivity index (χ1) is 17.0. The lowest BCUT2D eigenvalue weighted by atomic mass is 10.0. The number of aromatic nitrogens is 2. The van der Waals surface area contributed by atoms with E-state index < -0.39 is 10.2 Å². The van der Waals surface area contributed by atoms with Crippen LogP contribution in [-0.2, 0) is 0 Å². The van der Waals surface area contributed by atoms with Crippen LogP contribution in [0.15, 0.2) is 46.9 Å². The van der Waals surface area contributed by atoms with Gasteiger partial charge in [-0.15, -0.1) is 31.6 Å². The Morgan fingerprint density at radius 3 is 2.33 bits per heavy atom. The highest BCUT2D eigenvalue weighted by atomic mass is 32.1. The molecule has 0 aliphatic heterocycles. The van der Waals surface area contributed by atoms with Gasteiger partial charge in [0, 0.05) is 22.7 Å². The Labute approximate surface area is 212 Å². The van der Waals surface area contributed by atoms with Crippen molar-refractivity contribution in [3.05, 3.63) is 67.8 Å². The molecule has 13 nitrogen and oxygen atoms in total. The number of nitrogens with zero attached hydrogens (tertiary/aromatic N) is 5. The predicted molar refractivity (Wildman–Crippen MR) is 139 cm³/mol. The zero-order valence-electron chi connectivity index (χ0n) is 20.5. The number of nitrogens with one attached hydrogen (secondary N) is 2. The summed E-state index contributed by atoms with van der Waals surface area (Å²) in [5.74, 6) is 1.45. The van der Waals surface area contributed by atoms with Crippen LogP contribution in [-0.4, -0.2) is 42.6 Å². The molecular formula is C22H31N7O6S. The number of rotatable bonds is 7. The Balaban J connectivity index is 0.000000709. The van der Waals surface area contributed by atoms with Gasteiger partial charge in [-0.05, 0) is 38.3 Å². The van der Waals surface area contributed by atoms with Crippen LogP contribution in [0.1, 0.15) is 45.7 Å². The third kappa shape index (κ3) is 13.0. The number of anilines is 2. The van der Waals surface area contributed by atoms with E-state index >= 15 is 0 Å². The average molecular weight is 522 g/mol. The topological polar surface area (TPSA) is 189 Å². The Kier molecular flexibility index (Phi) is 13.1. The number of hydrogen-bond donors (Lipinski definition) is 4. The molecule has 0 bridgehead atoms. The molecule has 0 fully saturated rings. The largest absolute Gasteiger partial charge is 0.328 e. The second-order valence-corrected chi connectivity index (χ2v) is 8.94. The summed E-state index contributed by atoms with van der Waals surface area (Å²) in [5, 5.41) is 38.0. The van der Waals surface area contributed by atoms with Crippen molar-refractivity contribution in [1.29, 1.82) is 0 Å². The van der Waals surface area contributed by atoms with E-state index in [0.29, 0.717) is 0 Å². The van der Waals surface area contributed by atoms with Crippen LogP contribution in [0.4, 0.5) is 10.8 Å². The standard InChI is InChI=1S/C22H29N5S.2HNO3/c1-15(2)8-7-9-16(3)25-21(27-22-23-12-13-28-22)26-20-14-17(4)24-19-11-6-5-10-18(19)20;2*2-1(3)4/h5-6,10-16H,7-9H2,1-4H3,(H2,23,24,25,26,27);2*(H,2,3,4). The first-order valence-electron chi connectivity index (χ1n) is 11.0. The van der Waals surface area contributed by atoms with E-state index in [0.717, 1.165) is 45.7 Å². The van der Waals surface area contributed by atoms with Crippen molar-refractivity contribution in [1.82, 2.24) is 9.97 Å². The molecule has 1 atom stereocenters. The molecule has 0 saturated heterocycles. The first kappa shape index (κ1) is 30.0. The number of aliphatic imine (C=N–C) groups is 1. The summed E-state index contributed by atoms with van der Waals surface area (Å²) in [5.41, 5.74) is 2.95. The molecule has 0 aliphatic rings. The van der Waals surface area contributed by atoms with Crippen molar-refractivity contribution in [2.45, 2.75) is 53.0 Å². The van der Waals surface area contributed by atoms with Gasteiger partial charge in [-0.2, -0.15) is 0 Å². The maximum absolute atomic E-state index is 8.36. The number of para-hydroxylation sites is 1. The molecule has 36 heavy (non-hydrogen) atoms. The monoisotopic (exact) mass is 521 g/mol. The molecule has 0 aliphatic carbocycles. The highest BCUT2D eigenvalue weighted by Crippen LogP contribution is 2.23. The van der Waals surface area contributed by atoms with Crippen LogP contribution in [0, 0.1) is 33.1 Å². The second-order valence-electron chi connectivity index (χ2n) is 8.04. The highest BCUT2D eigenvalue weighted by Gasteiger charge is 2.10. The normalized spacial score (nSPS) is 11.5. The van der Waals surface area contributed by atoms with Gasteiger partial charge >= 0.3 is 0 Å². The van der Waals surface area contributed by atoms with Crippen LogP contribution < -0.4 is 10.6 Å². The molecular weight excluding hydrogens is 490 g/mol. The van der Waals surface area contributed by atoms with Gasteiger partial charge in [-0.1, -0.05) is 44.9 Å². The maximum atomic E-state index is 8.36. The van der Waals surface area contributed by atoms with Crippen molar-refractivity contribution in [2.75, 3.05) is 10.6 Å². The lowest BCUT2D eigenvalue weighted by molar-refractivity contribution is -0.742. The summed E-state index contributed by atoms with van der Waals surface area (Å²) in [6.45, 7) is 8.71. The minimum Gasteiger partial charge on any atom is -0.328 e. The number of hydrogen-bond acceptors (Lipinski definition) is 8. The Morgan fingerprint density at radius 1 is 1.11 bits per heavy atom. The zero-order valence-corrected chi connectivity index (χ0v) is 21.3. The molecule has 0 radical (unpaired) electrons. The van der Waals surface area contributed by atoms with Gasteiger partial charge in [0.15, 0.2) is 5.13 Å². The van der Waals surface area contributed by atoms with Crippen LogP contribution in [0.3, 0.4) is 0 Å². The molecule has 3 aromatic rings. The van der Waals surface area contributed by atoms with Crippen LogP contribution in [0.25, 0.3) is 10.9 Å². The second kappa shape index (κ2) is 15.8. The van der Waals surface area contributed by atoms with Crippen molar-refractivity contribution in [3.8, 4) is 0 Å². The Morgan fingerprint density at radius 2 is 1.75 bits per heavy atom. The first-order valence-corrected chi connectivity index (χ1v) is 11.9. The Hall–Kier alpha value is -4.07. The van der Waals surface area contributed by atoms with E-state index in [1.165, 1.54) is 12.8 Å². The van der Waals surface area contributed by atoms with Gasteiger partial charge in [-0.3, -0.25) is 4.98 Å². The molecule has 2 aromatic heterocycles. The number of benzene rings is 1. The molecule has 0 amide bonds. The minimum absolute atomic E-state index is 0.225. The minimum atomic E-state index is -1.50. The third-order valence-corrected chi connectivity index (χ3v) is 5.20. The number of thiazole rings is 1. The average Bonchev–Trinajstić information content (AvgIpc) is 3.25. The Bertz CT molecular complexity index is 1110. The molecule has 1 aromatic carbocycles. The van der Waals surface area contributed by atoms with Crippen molar-refractivity contribution >= 4 is 39.0 Å². The maximum Gasteiger partial charge on any atom is 0.291 e. The highest BCUT2D eigenvalue weighted by molar-refractivity contribution is 7.13. The fraction of sp³-hybridized carbons (Fsp3) is 0.409. The third-order valence-electron chi connectivity index (χ3n) is 4.51. The summed E-state index contributed by atoms with van der Waals surface area (Å²) >= 11 is 1.56. The molecule has 0 spiro atoms. The van der Waals surface area contributed by atoms with E-state index in [-0.39, 0.29) is 6.04 Å². The van der Waals surface area contributed by atoms with Crippen molar-refractivity contribution in [2.24, 2.45) is 10.9 Å². The van der Waals surface area contributed by atoms with E-state index in [1.54, 1.807) is 17.5 Å². The smallest absolute Gasteiger partial charge is 0.291 e.